The third-order valence-corrected chi connectivity index (χ3v) is 4.43. The van der Waals surface area contributed by atoms with Crippen LogP contribution in [-0.4, -0.2) is 36.0 Å². The van der Waals surface area contributed by atoms with Crippen molar-refractivity contribution in [1.82, 2.24) is 0 Å². The summed E-state index contributed by atoms with van der Waals surface area (Å²) in [6.45, 7) is 1.78. The molecular formula is C16H19N3O4. The van der Waals surface area contributed by atoms with Gasteiger partial charge in [-0.05, 0) is 37.5 Å². The second-order valence-corrected chi connectivity index (χ2v) is 6.07. The third kappa shape index (κ3) is 3.13. The van der Waals surface area contributed by atoms with E-state index >= 15 is 0 Å². The van der Waals surface area contributed by atoms with E-state index in [-0.39, 0.29) is 5.91 Å². The quantitative estimate of drug-likeness (QED) is 0.751. The maximum atomic E-state index is 12.2. The van der Waals surface area contributed by atoms with Crippen molar-refractivity contribution in [3.05, 3.63) is 23.8 Å². The fourth-order valence-electron chi connectivity index (χ4n) is 3.01. The Kier molecular flexibility index (Phi) is 3.94. The van der Waals surface area contributed by atoms with Gasteiger partial charge in [0.1, 0.15) is 0 Å². The highest BCUT2D eigenvalue weighted by Crippen LogP contribution is 2.40. The van der Waals surface area contributed by atoms with E-state index in [0.717, 1.165) is 31.6 Å². The number of carboxylic acids is 1. The highest BCUT2D eigenvalue weighted by Gasteiger charge is 2.48. The Morgan fingerprint density at radius 2 is 1.87 bits per heavy atom. The first-order chi connectivity index (χ1) is 11.0. The lowest BCUT2D eigenvalue weighted by atomic mass is 10.1. The molecule has 122 valence electrons. The van der Waals surface area contributed by atoms with Crippen molar-refractivity contribution in [3.63, 3.8) is 0 Å². The highest BCUT2D eigenvalue weighted by molar-refractivity contribution is 6.02. The molecule has 0 unspecified atom stereocenters. The molecular weight excluding hydrogens is 298 g/mol. The Morgan fingerprint density at radius 3 is 2.43 bits per heavy atom. The van der Waals surface area contributed by atoms with Crippen LogP contribution in [0, 0.1) is 11.8 Å². The number of aliphatic carboxylic acids is 1. The van der Waals surface area contributed by atoms with E-state index in [1.807, 2.05) is 0 Å². The molecule has 1 saturated carbocycles. The van der Waals surface area contributed by atoms with Crippen molar-refractivity contribution in [3.8, 4) is 0 Å². The number of carbonyl (C=O) groups excluding carboxylic acids is 2. The first kappa shape index (κ1) is 15.3. The Morgan fingerprint density at radius 1 is 1.17 bits per heavy atom. The molecule has 23 heavy (non-hydrogen) atoms. The molecule has 1 saturated heterocycles. The minimum Gasteiger partial charge on any atom is -0.481 e. The lowest BCUT2D eigenvalue weighted by Crippen LogP contribution is -2.23. The molecule has 0 radical (unpaired) electrons. The Bertz CT molecular complexity index is 667. The van der Waals surface area contributed by atoms with E-state index in [1.54, 1.807) is 18.2 Å². The molecule has 7 heteroatoms. The van der Waals surface area contributed by atoms with Crippen LogP contribution in [0.25, 0.3) is 0 Å². The lowest BCUT2D eigenvalue weighted by Gasteiger charge is -2.22. The molecule has 3 rings (SSSR count). The van der Waals surface area contributed by atoms with Gasteiger partial charge in [0.05, 0.1) is 23.2 Å². The zero-order chi connectivity index (χ0) is 16.6. The number of anilines is 2. The van der Waals surface area contributed by atoms with Crippen LogP contribution in [0.15, 0.2) is 18.2 Å². The van der Waals surface area contributed by atoms with Crippen LogP contribution in [0.1, 0.15) is 29.6 Å². The number of carbonyl (C=O) groups is 3. The molecule has 4 N–H and O–H groups in total. The van der Waals surface area contributed by atoms with Gasteiger partial charge in [-0.3, -0.25) is 14.4 Å². The minimum atomic E-state index is -0.948. The minimum absolute atomic E-state index is 0.314. The normalized spacial score (nSPS) is 22.7. The van der Waals surface area contributed by atoms with Crippen molar-refractivity contribution >= 4 is 29.2 Å². The van der Waals surface area contributed by atoms with E-state index < -0.39 is 23.7 Å². The number of nitrogens with two attached hydrogens (primary N) is 1. The molecule has 1 aromatic carbocycles. The summed E-state index contributed by atoms with van der Waals surface area (Å²) in [5.41, 5.74) is 6.98. The number of benzene rings is 1. The van der Waals surface area contributed by atoms with Gasteiger partial charge in [-0.2, -0.15) is 0 Å². The van der Waals surface area contributed by atoms with Crippen molar-refractivity contribution in [2.75, 3.05) is 23.3 Å². The average molecular weight is 317 g/mol. The second-order valence-electron chi connectivity index (χ2n) is 6.07. The Labute approximate surface area is 133 Å². The molecule has 0 bridgehead atoms. The molecule has 2 aliphatic rings. The largest absolute Gasteiger partial charge is 0.481 e. The predicted molar refractivity (Wildman–Crippen MR) is 84.3 cm³/mol. The van der Waals surface area contributed by atoms with Crippen molar-refractivity contribution < 1.29 is 19.5 Å². The topological polar surface area (TPSA) is 113 Å². The van der Waals surface area contributed by atoms with Gasteiger partial charge in [0.2, 0.25) is 11.8 Å². The first-order valence-electron chi connectivity index (χ1n) is 7.70. The molecule has 0 aromatic heterocycles. The number of primary amides is 1. The fourth-order valence-corrected chi connectivity index (χ4v) is 3.01. The van der Waals surface area contributed by atoms with Gasteiger partial charge in [-0.25, -0.2) is 0 Å². The van der Waals surface area contributed by atoms with Crippen LogP contribution in [0.3, 0.4) is 0 Å². The van der Waals surface area contributed by atoms with E-state index in [1.165, 1.54) is 0 Å². The third-order valence-electron chi connectivity index (χ3n) is 4.43. The van der Waals surface area contributed by atoms with Crippen LogP contribution >= 0.6 is 0 Å². The number of amides is 2. The number of nitrogens with one attached hydrogen (secondary N) is 1. The van der Waals surface area contributed by atoms with Crippen molar-refractivity contribution in [2.45, 2.75) is 19.3 Å². The second kappa shape index (κ2) is 5.91. The number of carboxylic acid groups (broad SMARTS) is 1. The summed E-state index contributed by atoms with van der Waals surface area (Å²) in [7, 11) is 0. The summed E-state index contributed by atoms with van der Waals surface area (Å²) < 4.78 is 0. The van der Waals surface area contributed by atoms with Gasteiger partial charge >= 0.3 is 5.97 Å². The molecule has 1 aromatic rings. The Balaban J connectivity index is 1.83. The van der Waals surface area contributed by atoms with E-state index in [4.69, 9.17) is 10.8 Å². The van der Waals surface area contributed by atoms with E-state index in [0.29, 0.717) is 17.7 Å². The number of hydrogen-bond acceptors (Lipinski definition) is 4. The zero-order valence-corrected chi connectivity index (χ0v) is 12.6. The Hall–Kier alpha value is -2.57. The number of rotatable bonds is 5. The van der Waals surface area contributed by atoms with Crippen molar-refractivity contribution in [2.24, 2.45) is 17.6 Å². The summed E-state index contributed by atoms with van der Waals surface area (Å²) in [5, 5.41) is 11.7. The smallest absolute Gasteiger partial charge is 0.307 e. The summed E-state index contributed by atoms with van der Waals surface area (Å²) in [5.74, 6) is -2.95. The maximum Gasteiger partial charge on any atom is 0.307 e. The standard InChI is InChI=1S/C16H19N3O4/c17-14(20)9-3-4-13(19-5-1-2-6-19)12(7-9)18-15(21)10-8-11(10)16(22)23/h3-4,7,10-11H,1-2,5-6,8H2,(H2,17,20)(H,18,21)(H,22,23)/t10-,11-/m1/s1. The summed E-state index contributed by atoms with van der Waals surface area (Å²) in [6.07, 6.45) is 2.51. The van der Waals surface area contributed by atoms with Crippen LogP contribution in [-0.2, 0) is 9.59 Å². The molecule has 2 fully saturated rings. The molecule has 7 nitrogen and oxygen atoms in total. The average Bonchev–Trinajstić information content (AvgIpc) is 3.15. The summed E-state index contributed by atoms with van der Waals surface area (Å²) in [4.78, 5) is 36.6. The van der Waals surface area contributed by atoms with Crippen LogP contribution in [0.5, 0.6) is 0 Å². The van der Waals surface area contributed by atoms with Gasteiger partial charge in [0.25, 0.3) is 0 Å². The predicted octanol–water partition coefficient (Wildman–Crippen LogP) is 1.04. The number of hydrogen-bond donors (Lipinski definition) is 3. The zero-order valence-electron chi connectivity index (χ0n) is 12.6. The fraction of sp³-hybridized carbons (Fsp3) is 0.438. The molecule has 1 heterocycles. The monoisotopic (exact) mass is 317 g/mol. The van der Waals surface area contributed by atoms with Gasteiger partial charge in [0, 0.05) is 18.7 Å². The lowest BCUT2D eigenvalue weighted by molar-refractivity contribution is -0.139. The van der Waals surface area contributed by atoms with Crippen LogP contribution in [0.2, 0.25) is 0 Å². The highest BCUT2D eigenvalue weighted by atomic mass is 16.4. The molecule has 0 spiro atoms. The maximum absolute atomic E-state index is 12.2. The van der Waals surface area contributed by atoms with Gasteiger partial charge in [-0.15, -0.1) is 0 Å². The van der Waals surface area contributed by atoms with Crippen molar-refractivity contribution in [1.29, 1.82) is 0 Å². The van der Waals surface area contributed by atoms with Crippen LogP contribution in [0.4, 0.5) is 11.4 Å². The molecule has 2 amide bonds. The van der Waals surface area contributed by atoms with Gasteiger partial charge in [0.15, 0.2) is 0 Å². The first-order valence-corrected chi connectivity index (χ1v) is 7.70. The summed E-state index contributed by atoms with van der Waals surface area (Å²) in [6, 6.07) is 4.98. The van der Waals surface area contributed by atoms with Crippen LogP contribution < -0.4 is 16.0 Å². The van der Waals surface area contributed by atoms with E-state index in [2.05, 4.69) is 10.2 Å². The van der Waals surface area contributed by atoms with Gasteiger partial charge in [-0.1, -0.05) is 0 Å². The van der Waals surface area contributed by atoms with Gasteiger partial charge < -0.3 is 21.1 Å². The number of nitrogens with zero attached hydrogens (tertiary/aromatic N) is 1. The SMILES string of the molecule is NC(=O)c1ccc(N2CCCC2)c(NC(=O)[C@@H]2C[C@H]2C(=O)O)c1. The summed E-state index contributed by atoms with van der Waals surface area (Å²) >= 11 is 0. The van der Waals surface area contributed by atoms with E-state index in [9.17, 15) is 14.4 Å². The molecule has 2 atom stereocenters. The molecule has 1 aliphatic carbocycles. The molecule has 1 aliphatic heterocycles.